The number of rotatable bonds is 10. The van der Waals surface area contributed by atoms with E-state index in [4.69, 9.17) is 0 Å². The van der Waals surface area contributed by atoms with E-state index in [1.54, 1.807) is 0 Å². The number of nitrogens with zero attached hydrogens (tertiary/aromatic N) is 2. The molecule has 10 rings (SSSR count). The summed E-state index contributed by atoms with van der Waals surface area (Å²) < 4.78 is 0. The van der Waals surface area contributed by atoms with Gasteiger partial charge >= 0.3 is 0 Å². The van der Waals surface area contributed by atoms with Gasteiger partial charge in [-0.05, 0) is 129 Å². The monoisotopic (exact) mass is 826 g/mol. The summed E-state index contributed by atoms with van der Waals surface area (Å²) in [6.07, 6.45) is 2.42. The van der Waals surface area contributed by atoms with Crippen LogP contribution in [0.5, 0.6) is 0 Å². The molecule has 0 N–H and O–H groups in total. The summed E-state index contributed by atoms with van der Waals surface area (Å²) in [5.74, 6) is 0. The Morgan fingerprint density at radius 1 is 0.281 bits per heavy atom. The Morgan fingerprint density at radius 2 is 0.609 bits per heavy atom. The third kappa shape index (κ3) is 7.93. The minimum Gasteiger partial charge on any atom is -0.310 e. The van der Waals surface area contributed by atoms with E-state index in [1.165, 1.54) is 57.3 Å². The summed E-state index contributed by atoms with van der Waals surface area (Å²) in [6.45, 7) is 9.60. The Kier molecular flexibility index (Phi) is 10.8. The summed E-state index contributed by atoms with van der Waals surface area (Å²) in [5.41, 5.74) is 19.6. The van der Waals surface area contributed by atoms with Gasteiger partial charge in [-0.25, -0.2) is 0 Å². The second-order valence-electron chi connectivity index (χ2n) is 18.4. The topological polar surface area (TPSA) is 6.48 Å². The molecule has 9 aromatic rings. The van der Waals surface area contributed by atoms with E-state index in [-0.39, 0.29) is 10.8 Å². The second-order valence-corrected chi connectivity index (χ2v) is 18.4. The van der Waals surface area contributed by atoms with Crippen LogP contribution in [0.1, 0.15) is 51.7 Å². The molecule has 312 valence electrons. The summed E-state index contributed by atoms with van der Waals surface area (Å²) in [5, 5.41) is 0. The summed E-state index contributed by atoms with van der Waals surface area (Å²) in [7, 11) is 0. The quantitative estimate of drug-likeness (QED) is 0.136. The number of anilines is 6. The van der Waals surface area contributed by atoms with Gasteiger partial charge in [-0.2, -0.15) is 0 Å². The molecule has 9 aromatic carbocycles. The average molecular weight is 827 g/mol. The van der Waals surface area contributed by atoms with Crippen LogP contribution in [-0.2, 0) is 10.8 Å². The van der Waals surface area contributed by atoms with E-state index in [0.29, 0.717) is 0 Å². The zero-order chi connectivity index (χ0) is 43.7. The third-order valence-electron chi connectivity index (χ3n) is 13.4. The van der Waals surface area contributed by atoms with Gasteiger partial charge in [0.05, 0.1) is 11.4 Å². The van der Waals surface area contributed by atoms with Crippen molar-refractivity contribution in [2.75, 3.05) is 9.80 Å². The fraction of sp³-hybridized carbons (Fsp3) is 0.129. The molecule has 2 nitrogen and oxygen atoms in total. The summed E-state index contributed by atoms with van der Waals surface area (Å²) in [4.78, 5) is 4.76. The van der Waals surface area contributed by atoms with Crippen molar-refractivity contribution in [1.82, 2.24) is 0 Å². The van der Waals surface area contributed by atoms with Gasteiger partial charge in [0.1, 0.15) is 0 Å². The average Bonchev–Trinajstić information content (AvgIpc) is 3.35. The first-order valence-electron chi connectivity index (χ1n) is 22.6. The molecule has 64 heavy (non-hydrogen) atoms. The third-order valence-corrected chi connectivity index (χ3v) is 13.4. The largest absolute Gasteiger partial charge is 0.310 e. The molecule has 0 amide bonds. The number of fused-ring (bicyclic) bond motifs is 1. The lowest BCUT2D eigenvalue weighted by Gasteiger charge is -2.42. The van der Waals surface area contributed by atoms with Crippen LogP contribution >= 0.6 is 0 Å². The lowest BCUT2D eigenvalue weighted by Crippen LogP contribution is -2.33. The first-order chi connectivity index (χ1) is 31.2. The highest BCUT2D eigenvalue weighted by molar-refractivity contribution is 5.90. The van der Waals surface area contributed by atoms with E-state index >= 15 is 0 Å². The fourth-order valence-corrected chi connectivity index (χ4v) is 9.67. The Bertz CT molecular complexity index is 3000. The SMILES string of the molecule is CC1(C)CCC(C)(C)c2cc(-c3ccc(N(c4ccc(-c5ccc(N(c6ccccc6)c6ccccc6-c6ccccc6)cc5)cc4)c4ccccc4-c4ccccc4)cc3)ccc21. The second kappa shape index (κ2) is 17.0. The number of hydrogen-bond acceptors (Lipinski definition) is 2. The summed E-state index contributed by atoms with van der Waals surface area (Å²) >= 11 is 0. The number of para-hydroxylation sites is 3. The molecule has 0 saturated carbocycles. The molecule has 1 aliphatic carbocycles. The molecule has 2 heteroatoms. The minimum absolute atomic E-state index is 0.157. The first kappa shape index (κ1) is 40.6. The number of benzene rings is 9. The molecule has 1 aliphatic rings. The van der Waals surface area contributed by atoms with Crippen LogP contribution in [0, 0.1) is 0 Å². The predicted octanol–water partition coefficient (Wildman–Crippen LogP) is 17.6. The van der Waals surface area contributed by atoms with E-state index < -0.39 is 0 Å². The van der Waals surface area contributed by atoms with Crippen molar-refractivity contribution in [2.45, 2.75) is 51.4 Å². The standard InChI is InChI=1S/C62H54N2/c1-61(2)42-43-62(3,4)58-44-50(34-41-57(58)61)47-32-39-54(40-33-47)64(60-27-17-15-25-56(60)49-20-10-6-11-21-49)53-37-30-46(31-38-53)45-28-35-52(36-29-45)63(51-22-12-7-13-23-51)59-26-16-14-24-55(59)48-18-8-5-9-19-48/h5-41,44H,42-43H2,1-4H3. The van der Waals surface area contributed by atoms with E-state index in [0.717, 1.165) is 45.3 Å². The number of hydrogen-bond donors (Lipinski definition) is 0. The molecule has 0 bridgehead atoms. The molecule has 0 fully saturated rings. The molecule has 0 aliphatic heterocycles. The maximum Gasteiger partial charge on any atom is 0.0540 e. The molecule has 0 aromatic heterocycles. The lowest BCUT2D eigenvalue weighted by molar-refractivity contribution is 0.332. The van der Waals surface area contributed by atoms with Crippen LogP contribution in [-0.4, -0.2) is 0 Å². The van der Waals surface area contributed by atoms with E-state index in [1.807, 2.05) is 0 Å². The van der Waals surface area contributed by atoms with Crippen LogP contribution in [0.15, 0.2) is 231 Å². The Balaban J connectivity index is 1.00. The van der Waals surface area contributed by atoms with Crippen LogP contribution in [0.25, 0.3) is 44.5 Å². The summed E-state index contributed by atoms with van der Waals surface area (Å²) in [6, 6.07) is 83.8. The molecule has 0 unspecified atom stereocenters. The van der Waals surface area contributed by atoms with E-state index in [2.05, 4.69) is 268 Å². The van der Waals surface area contributed by atoms with Gasteiger partial charge in [0.25, 0.3) is 0 Å². The van der Waals surface area contributed by atoms with Crippen LogP contribution in [0.2, 0.25) is 0 Å². The molecular weight excluding hydrogens is 773 g/mol. The molecule has 0 saturated heterocycles. The zero-order valence-corrected chi connectivity index (χ0v) is 37.2. The van der Waals surface area contributed by atoms with Crippen LogP contribution in [0.4, 0.5) is 34.1 Å². The van der Waals surface area contributed by atoms with Crippen LogP contribution in [0.3, 0.4) is 0 Å². The maximum atomic E-state index is 2.46. The molecule has 0 radical (unpaired) electrons. The molecule has 0 heterocycles. The Labute approximate surface area is 379 Å². The van der Waals surface area contributed by atoms with Gasteiger partial charge in [-0.15, -0.1) is 0 Å². The van der Waals surface area contributed by atoms with Gasteiger partial charge in [-0.3, -0.25) is 0 Å². The van der Waals surface area contributed by atoms with Crippen molar-refractivity contribution in [3.8, 4) is 44.5 Å². The lowest BCUT2D eigenvalue weighted by atomic mass is 9.63. The highest BCUT2D eigenvalue weighted by Crippen LogP contribution is 2.48. The van der Waals surface area contributed by atoms with Gasteiger partial charge in [0.2, 0.25) is 0 Å². The van der Waals surface area contributed by atoms with Gasteiger partial charge in [-0.1, -0.05) is 198 Å². The molecule has 0 spiro atoms. The van der Waals surface area contributed by atoms with Crippen molar-refractivity contribution in [3.63, 3.8) is 0 Å². The van der Waals surface area contributed by atoms with Crippen LogP contribution < -0.4 is 9.80 Å². The maximum absolute atomic E-state index is 2.46. The minimum atomic E-state index is 0.157. The van der Waals surface area contributed by atoms with Crippen molar-refractivity contribution in [2.24, 2.45) is 0 Å². The van der Waals surface area contributed by atoms with Gasteiger partial charge in [0.15, 0.2) is 0 Å². The highest BCUT2D eigenvalue weighted by Gasteiger charge is 2.37. The fourth-order valence-electron chi connectivity index (χ4n) is 9.67. The normalized spacial score (nSPS) is 13.8. The van der Waals surface area contributed by atoms with E-state index in [9.17, 15) is 0 Å². The molecular formula is C62H54N2. The van der Waals surface area contributed by atoms with Gasteiger partial charge in [0, 0.05) is 33.9 Å². The van der Waals surface area contributed by atoms with Crippen molar-refractivity contribution in [1.29, 1.82) is 0 Å². The van der Waals surface area contributed by atoms with Crippen molar-refractivity contribution in [3.05, 3.63) is 242 Å². The zero-order valence-electron chi connectivity index (χ0n) is 37.2. The van der Waals surface area contributed by atoms with Gasteiger partial charge < -0.3 is 9.80 Å². The first-order valence-corrected chi connectivity index (χ1v) is 22.6. The Morgan fingerprint density at radius 3 is 1.05 bits per heavy atom. The highest BCUT2D eigenvalue weighted by atomic mass is 15.1. The Hall–Kier alpha value is -7.42. The van der Waals surface area contributed by atoms with Crippen molar-refractivity contribution < 1.29 is 0 Å². The van der Waals surface area contributed by atoms with Crippen molar-refractivity contribution >= 4 is 34.1 Å². The predicted molar refractivity (Wildman–Crippen MR) is 273 cm³/mol. The smallest absolute Gasteiger partial charge is 0.0540 e. The molecule has 0 atom stereocenters.